The summed E-state index contributed by atoms with van der Waals surface area (Å²) in [6.07, 6.45) is 1.13. The number of rotatable bonds is 4. The van der Waals surface area contributed by atoms with Crippen LogP contribution in [-0.2, 0) is 6.42 Å². The molecule has 1 nitrogen and oxygen atoms in total. The van der Waals surface area contributed by atoms with Crippen LogP contribution in [0.1, 0.15) is 26.3 Å². The zero-order valence-corrected chi connectivity index (χ0v) is 9.58. The van der Waals surface area contributed by atoms with Crippen molar-refractivity contribution in [3.8, 4) is 5.75 Å². The second-order valence-electron chi connectivity index (χ2n) is 4.28. The lowest BCUT2D eigenvalue weighted by molar-refractivity contribution is 0.406. The van der Waals surface area contributed by atoms with Crippen LogP contribution in [0.25, 0.3) is 0 Å². The maximum Gasteiger partial charge on any atom is 0.119 e. The first-order chi connectivity index (χ1) is 6.63. The molecule has 0 aromatic heterocycles. The SMILES string of the molecule is COc1cccc(CC(C)C(C)C)c1. The lowest BCUT2D eigenvalue weighted by atomic mass is 9.91. The molecule has 1 heteroatoms. The van der Waals surface area contributed by atoms with Gasteiger partial charge in [-0.25, -0.2) is 0 Å². The monoisotopic (exact) mass is 192 g/mol. The van der Waals surface area contributed by atoms with E-state index in [9.17, 15) is 0 Å². The van der Waals surface area contributed by atoms with E-state index < -0.39 is 0 Å². The molecule has 0 saturated carbocycles. The van der Waals surface area contributed by atoms with Crippen LogP contribution in [0.3, 0.4) is 0 Å². The minimum Gasteiger partial charge on any atom is -0.497 e. The quantitative estimate of drug-likeness (QED) is 0.709. The van der Waals surface area contributed by atoms with E-state index in [0.29, 0.717) is 0 Å². The van der Waals surface area contributed by atoms with E-state index in [-0.39, 0.29) is 0 Å². The van der Waals surface area contributed by atoms with Crippen LogP contribution in [0.5, 0.6) is 5.75 Å². The van der Waals surface area contributed by atoms with Crippen LogP contribution in [0.15, 0.2) is 24.3 Å². The normalized spacial score (nSPS) is 12.9. The second-order valence-corrected chi connectivity index (χ2v) is 4.28. The fourth-order valence-corrected chi connectivity index (χ4v) is 1.41. The van der Waals surface area contributed by atoms with Crippen LogP contribution < -0.4 is 4.74 Å². The van der Waals surface area contributed by atoms with Crippen molar-refractivity contribution in [2.45, 2.75) is 27.2 Å². The van der Waals surface area contributed by atoms with Crippen LogP contribution in [-0.4, -0.2) is 7.11 Å². The van der Waals surface area contributed by atoms with Gasteiger partial charge in [0.15, 0.2) is 0 Å². The summed E-state index contributed by atoms with van der Waals surface area (Å²) in [5.41, 5.74) is 1.37. The van der Waals surface area contributed by atoms with Gasteiger partial charge in [-0.3, -0.25) is 0 Å². The highest BCUT2D eigenvalue weighted by molar-refractivity contribution is 5.28. The maximum absolute atomic E-state index is 5.20. The molecule has 0 aliphatic heterocycles. The second kappa shape index (κ2) is 5.04. The van der Waals surface area contributed by atoms with Crippen molar-refractivity contribution < 1.29 is 4.74 Å². The van der Waals surface area contributed by atoms with Gasteiger partial charge in [0.1, 0.15) is 5.75 Å². The molecule has 0 fully saturated rings. The van der Waals surface area contributed by atoms with E-state index in [2.05, 4.69) is 39.0 Å². The lowest BCUT2D eigenvalue weighted by Gasteiger charge is -2.15. The van der Waals surface area contributed by atoms with Crippen molar-refractivity contribution in [1.82, 2.24) is 0 Å². The maximum atomic E-state index is 5.20. The van der Waals surface area contributed by atoms with Crippen molar-refractivity contribution in [3.63, 3.8) is 0 Å². The molecule has 1 aromatic carbocycles. The molecule has 0 radical (unpaired) electrons. The Morgan fingerprint density at radius 3 is 2.50 bits per heavy atom. The highest BCUT2D eigenvalue weighted by atomic mass is 16.5. The predicted octanol–water partition coefficient (Wildman–Crippen LogP) is 3.53. The molecule has 0 heterocycles. The van der Waals surface area contributed by atoms with Gasteiger partial charge in [-0.15, -0.1) is 0 Å². The van der Waals surface area contributed by atoms with Crippen molar-refractivity contribution >= 4 is 0 Å². The first-order valence-electron chi connectivity index (χ1n) is 5.26. The topological polar surface area (TPSA) is 9.23 Å². The smallest absolute Gasteiger partial charge is 0.119 e. The zero-order valence-electron chi connectivity index (χ0n) is 9.58. The van der Waals surface area contributed by atoms with E-state index >= 15 is 0 Å². The Bertz CT molecular complexity index is 278. The molecule has 1 rings (SSSR count). The molecule has 0 spiro atoms. The van der Waals surface area contributed by atoms with Crippen LogP contribution in [0.4, 0.5) is 0 Å². The van der Waals surface area contributed by atoms with E-state index in [1.54, 1.807) is 7.11 Å². The lowest BCUT2D eigenvalue weighted by Crippen LogP contribution is -2.07. The Morgan fingerprint density at radius 1 is 1.21 bits per heavy atom. The minimum absolute atomic E-state index is 0.724. The van der Waals surface area contributed by atoms with Gasteiger partial charge in [0.2, 0.25) is 0 Å². The van der Waals surface area contributed by atoms with E-state index in [4.69, 9.17) is 4.74 Å². The Labute approximate surface area is 87.1 Å². The number of hydrogen-bond acceptors (Lipinski definition) is 1. The van der Waals surface area contributed by atoms with E-state index in [1.165, 1.54) is 5.56 Å². The molecule has 1 unspecified atom stereocenters. The summed E-state index contributed by atoms with van der Waals surface area (Å²) in [4.78, 5) is 0. The number of methoxy groups -OCH3 is 1. The molecule has 0 bridgehead atoms. The number of benzene rings is 1. The molecule has 1 atom stereocenters. The fourth-order valence-electron chi connectivity index (χ4n) is 1.41. The molecule has 0 aliphatic carbocycles. The van der Waals surface area contributed by atoms with Gasteiger partial charge in [-0.2, -0.15) is 0 Å². The van der Waals surface area contributed by atoms with Crippen LogP contribution >= 0.6 is 0 Å². The van der Waals surface area contributed by atoms with Crippen molar-refractivity contribution in [2.24, 2.45) is 11.8 Å². The molecule has 0 amide bonds. The third-order valence-corrected chi connectivity index (χ3v) is 2.83. The fraction of sp³-hybridized carbons (Fsp3) is 0.538. The Hall–Kier alpha value is -0.980. The average Bonchev–Trinajstić information content (AvgIpc) is 2.18. The van der Waals surface area contributed by atoms with Crippen molar-refractivity contribution in [1.29, 1.82) is 0 Å². The van der Waals surface area contributed by atoms with Gasteiger partial charge < -0.3 is 4.74 Å². The van der Waals surface area contributed by atoms with Gasteiger partial charge in [0.05, 0.1) is 7.11 Å². The van der Waals surface area contributed by atoms with Gasteiger partial charge in [-0.05, 0) is 36.0 Å². The first kappa shape index (κ1) is 11.1. The van der Waals surface area contributed by atoms with Gasteiger partial charge >= 0.3 is 0 Å². The Kier molecular flexibility index (Phi) is 3.99. The van der Waals surface area contributed by atoms with E-state index in [0.717, 1.165) is 24.0 Å². The molecular formula is C13H20O. The summed E-state index contributed by atoms with van der Waals surface area (Å²) in [5.74, 6) is 2.42. The standard InChI is InChI=1S/C13H20O/c1-10(2)11(3)8-12-6-5-7-13(9-12)14-4/h5-7,9-11H,8H2,1-4H3. The van der Waals surface area contributed by atoms with Crippen LogP contribution in [0.2, 0.25) is 0 Å². The molecule has 1 aromatic rings. The molecule has 0 N–H and O–H groups in total. The molecule has 78 valence electrons. The summed E-state index contributed by atoms with van der Waals surface area (Å²) in [5, 5.41) is 0. The zero-order chi connectivity index (χ0) is 10.6. The molecule has 0 aliphatic rings. The van der Waals surface area contributed by atoms with Crippen molar-refractivity contribution in [2.75, 3.05) is 7.11 Å². The van der Waals surface area contributed by atoms with E-state index in [1.807, 2.05) is 6.07 Å². The third kappa shape index (κ3) is 3.06. The third-order valence-electron chi connectivity index (χ3n) is 2.83. The molecule has 0 saturated heterocycles. The van der Waals surface area contributed by atoms with Crippen LogP contribution in [0, 0.1) is 11.8 Å². The molecular weight excluding hydrogens is 172 g/mol. The number of ether oxygens (including phenoxy) is 1. The minimum atomic E-state index is 0.724. The van der Waals surface area contributed by atoms with Gasteiger partial charge in [0.25, 0.3) is 0 Å². The Morgan fingerprint density at radius 2 is 1.93 bits per heavy atom. The summed E-state index contributed by atoms with van der Waals surface area (Å²) in [6, 6.07) is 8.34. The average molecular weight is 192 g/mol. The summed E-state index contributed by atoms with van der Waals surface area (Å²) < 4.78 is 5.20. The first-order valence-corrected chi connectivity index (χ1v) is 5.26. The Balaban J connectivity index is 2.66. The highest BCUT2D eigenvalue weighted by Gasteiger charge is 2.08. The predicted molar refractivity (Wildman–Crippen MR) is 60.7 cm³/mol. The summed E-state index contributed by atoms with van der Waals surface area (Å²) >= 11 is 0. The number of hydrogen-bond donors (Lipinski definition) is 0. The molecule has 14 heavy (non-hydrogen) atoms. The summed E-state index contributed by atoms with van der Waals surface area (Å²) in [6.45, 7) is 6.83. The summed E-state index contributed by atoms with van der Waals surface area (Å²) in [7, 11) is 1.71. The highest BCUT2D eigenvalue weighted by Crippen LogP contribution is 2.19. The van der Waals surface area contributed by atoms with Gasteiger partial charge in [0, 0.05) is 0 Å². The van der Waals surface area contributed by atoms with Crippen molar-refractivity contribution in [3.05, 3.63) is 29.8 Å². The largest absolute Gasteiger partial charge is 0.497 e. The van der Waals surface area contributed by atoms with Gasteiger partial charge in [-0.1, -0.05) is 32.9 Å².